The second-order valence-electron chi connectivity index (χ2n) is 16.1. The van der Waals surface area contributed by atoms with Gasteiger partial charge >= 0.3 is 0 Å². The van der Waals surface area contributed by atoms with E-state index in [1.165, 1.54) is 50.9 Å². The van der Waals surface area contributed by atoms with Crippen LogP contribution in [0.25, 0.3) is 33.4 Å². The minimum atomic E-state index is -0.689. The highest BCUT2D eigenvalue weighted by molar-refractivity contribution is 5.95. The van der Waals surface area contributed by atoms with Gasteiger partial charge in [0.05, 0.1) is 17.4 Å². The van der Waals surface area contributed by atoms with E-state index in [9.17, 15) is 9.59 Å². The van der Waals surface area contributed by atoms with E-state index in [0.29, 0.717) is 34.5 Å². The Labute approximate surface area is 331 Å². The summed E-state index contributed by atoms with van der Waals surface area (Å²) in [6.45, 7) is 11.8. The van der Waals surface area contributed by atoms with Crippen LogP contribution in [0.3, 0.4) is 0 Å². The minimum Gasteiger partial charge on any atom is -0.486 e. The number of aromatic amines is 2. The molecule has 2 fully saturated rings. The molecule has 302 valence electrons. The number of nitrogens with one attached hydrogen (secondary N) is 4. The van der Waals surface area contributed by atoms with Crippen molar-refractivity contribution < 1.29 is 23.1 Å². The Hall–Kier alpha value is -5.28. The summed E-state index contributed by atoms with van der Waals surface area (Å²) in [5, 5.41) is 19.6. The molecule has 2 saturated heterocycles. The number of likely N-dealkylation sites (tertiary alicyclic amines) is 2. The number of piperidine rings is 2. The molecule has 57 heavy (non-hydrogen) atoms. The molecule has 5 aromatic rings. The zero-order valence-electron chi connectivity index (χ0n) is 33.0. The summed E-state index contributed by atoms with van der Waals surface area (Å²) in [5.41, 5.74) is 1.83. The quantitative estimate of drug-likeness (QED) is 0.0842. The van der Waals surface area contributed by atoms with Gasteiger partial charge in [-0.25, -0.2) is 13.8 Å². The number of aromatic nitrogens is 6. The maximum Gasteiger partial charge on any atom is 0.231 e. The first-order valence-electron chi connectivity index (χ1n) is 20.0. The third kappa shape index (κ3) is 10.0. The number of nitrogens with zero attached hydrogens (tertiary/aromatic N) is 6. The minimum absolute atomic E-state index is 0.0829. The summed E-state index contributed by atoms with van der Waals surface area (Å²) < 4.78 is 37.0. The number of hydrogen-bond donors (Lipinski definition) is 4. The summed E-state index contributed by atoms with van der Waals surface area (Å²) >= 11 is 0. The molecule has 2 amide bonds. The maximum atomic E-state index is 15.6. The number of carbonyl (C=O) groups is 2. The summed E-state index contributed by atoms with van der Waals surface area (Å²) in [5.74, 6) is -1.63. The highest BCUT2D eigenvalue weighted by Crippen LogP contribution is 2.31. The van der Waals surface area contributed by atoms with Crippen LogP contribution >= 0.6 is 0 Å². The average Bonchev–Trinajstić information content (AvgIpc) is 3.77. The van der Waals surface area contributed by atoms with Gasteiger partial charge in [0, 0.05) is 41.1 Å². The predicted molar refractivity (Wildman–Crippen MR) is 215 cm³/mol. The molecule has 1 atom stereocenters. The third-order valence-electron chi connectivity index (χ3n) is 11.0. The molecule has 6 heterocycles. The Morgan fingerprint density at radius 3 is 2.23 bits per heavy atom. The van der Waals surface area contributed by atoms with Crippen molar-refractivity contribution in [2.24, 2.45) is 11.3 Å². The lowest BCUT2D eigenvalue weighted by Crippen LogP contribution is -2.37. The number of hydrogen-bond acceptors (Lipinski definition) is 9. The number of benzene rings is 1. The van der Waals surface area contributed by atoms with E-state index >= 15 is 8.78 Å². The zero-order valence-corrected chi connectivity index (χ0v) is 33.0. The summed E-state index contributed by atoms with van der Waals surface area (Å²) in [4.78, 5) is 39.5. The number of amides is 2. The van der Waals surface area contributed by atoms with Gasteiger partial charge in [-0.05, 0) is 95.0 Å². The van der Waals surface area contributed by atoms with E-state index in [4.69, 9.17) is 9.72 Å². The van der Waals surface area contributed by atoms with Gasteiger partial charge in [0.25, 0.3) is 0 Å². The van der Waals surface area contributed by atoms with Gasteiger partial charge in [-0.2, -0.15) is 10.2 Å². The summed E-state index contributed by atoms with van der Waals surface area (Å²) in [7, 11) is 0. The molecule has 2 aliphatic rings. The largest absolute Gasteiger partial charge is 0.486 e. The molecule has 0 radical (unpaired) electrons. The number of rotatable bonds is 15. The van der Waals surface area contributed by atoms with Crippen LogP contribution in [0.1, 0.15) is 77.8 Å². The number of halogens is 2. The number of carbonyl (C=O) groups excluding carboxylic acids is 2. The number of anilines is 2. The van der Waals surface area contributed by atoms with Gasteiger partial charge in [0.2, 0.25) is 11.8 Å². The second-order valence-corrected chi connectivity index (χ2v) is 16.1. The fraction of sp³-hybridized carbons (Fsp3) is 0.476. The average molecular weight is 783 g/mol. The fourth-order valence-electron chi connectivity index (χ4n) is 7.56. The van der Waals surface area contributed by atoms with Crippen molar-refractivity contribution in [2.45, 2.75) is 78.7 Å². The molecule has 1 unspecified atom stereocenters. The number of H-pyrrole nitrogens is 2. The van der Waals surface area contributed by atoms with Gasteiger partial charge in [-0.3, -0.25) is 24.8 Å². The molecule has 0 bridgehead atoms. The smallest absolute Gasteiger partial charge is 0.231 e. The van der Waals surface area contributed by atoms with Gasteiger partial charge < -0.3 is 25.2 Å². The van der Waals surface area contributed by atoms with Crippen LogP contribution in [0, 0.1) is 23.0 Å². The lowest BCUT2D eigenvalue weighted by Gasteiger charge is -2.30. The second kappa shape index (κ2) is 17.9. The lowest BCUT2D eigenvalue weighted by molar-refractivity contribution is -0.124. The van der Waals surface area contributed by atoms with Crippen LogP contribution in [0.15, 0.2) is 48.8 Å². The standard InChI is InChI=1S/C42H52F2N10O3/c1-27(25-54-17-8-5-9-18-54)20-34(55)47-39-36(44)38(50-51-39)30-22-32(24-45-23-30)57-26-31-12-10-28-21-29(11-13-33(28)46-31)37-35(43)40(52-49-37)48-41(56)42(2,3)14-19-53-15-6-4-7-16-53/h10-13,21-24,27H,4-9,14-20,25-26H2,1-3H3,(H2,47,50,51,55)(H2,48,49,52,56). The molecule has 4 N–H and O–H groups in total. The maximum absolute atomic E-state index is 15.6. The Balaban J connectivity index is 0.935. The molecular formula is C42H52F2N10O3. The molecule has 0 spiro atoms. The molecule has 4 aromatic heterocycles. The van der Waals surface area contributed by atoms with Crippen molar-refractivity contribution in [1.82, 2.24) is 40.2 Å². The molecule has 0 aliphatic carbocycles. The topological polar surface area (TPSA) is 157 Å². The zero-order chi connectivity index (χ0) is 39.9. The van der Waals surface area contributed by atoms with E-state index in [1.807, 2.05) is 26.8 Å². The van der Waals surface area contributed by atoms with Crippen LogP contribution in [0.2, 0.25) is 0 Å². The molecular weight excluding hydrogens is 731 g/mol. The number of fused-ring (bicyclic) bond motifs is 1. The van der Waals surface area contributed by atoms with Crippen molar-refractivity contribution >= 4 is 34.4 Å². The third-order valence-corrected chi connectivity index (χ3v) is 11.0. The summed E-state index contributed by atoms with van der Waals surface area (Å²) in [6.07, 6.45) is 11.2. The van der Waals surface area contributed by atoms with Crippen LogP contribution in [-0.4, -0.2) is 91.2 Å². The molecule has 13 nitrogen and oxygen atoms in total. The first-order chi connectivity index (χ1) is 27.5. The van der Waals surface area contributed by atoms with Crippen molar-refractivity contribution in [3.63, 3.8) is 0 Å². The van der Waals surface area contributed by atoms with Crippen LogP contribution in [0.5, 0.6) is 5.75 Å². The van der Waals surface area contributed by atoms with Gasteiger partial charge in [-0.1, -0.05) is 45.7 Å². The van der Waals surface area contributed by atoms with Crippen molar-refractivity contribution in [3.8, 4) is 28.3 Å². The van der Waals surface area contributed by atoms with Crippen LogP contribution in [-0.2, 0) is 16.2 Å². The summed E-state index contributed by atoms with van der Waals surface area (Å²) in [6, 6.07) is 10.6. The van der Waals surface area contributed by atoms with Crippen molar-refractivity contribution in [1.29, 1.82) is 0 Å². The Bertz CT molecular complexity index is 2170. The fourth-order valence-corrected chi connectivity index (χ4v) is 7.56. The Kier molecular flexibility index (Phi) is 12.5. The van der Waals surface area contributed by atoms with E-state index in [-0.39, 0.29) is 53.8 Å². The number of pyridine rings is 2. The van der Waals surface area contributed by atoms with Gasteiger partial charge in [0.15, 0.2) is 23.3 Å². The highest BCUT2D eigenvalue weighted by atomic mass is 19.1. The van der Waals surface area contributed by atoms with Crippen molar-refractivity contribution in [3.05, 3.63) is 66.1 Å². The molecule has 7 rings (SSSR count). The molecule has 15 heteroatoms. The number of ether oxygens (including phenoxy) is 1. The van der Waals surface area contributed by atoms with Crippen LogP contribution in [0.4, 0.5) is 20.4 Å². The monoisotopic (exact) mass is 782 g/mol. The van der Waals surface area contributed by atoms with E-state index in [2.05, 4.69) is 45.8 Å². The van der Waals surface area contributed by atoms with E-state index in [0.717, 1.165) is 44.7 Å². The van der Waals surface area contributed by atoms with E-state index in [1.54, 1.807) is 30.3 Å². The Morgan fingerprint density at radius 1 is 0.842 bits per heavy atom. The molecule has 0 saturated carbocycles. The van der Waals surface area contributed by atoms with Crippen LogP contribution < -0.4 is 15.4 Å². The van der Waals surface area contributed by atoms with Gasteiger partial charge in [0.1, 0.15) is 23.7 Å². The molecule has 2 aliphatic heterocycles. The first kappa shape index (κ1) is 39.9. The highest BCUT2D eigenvalue weighted by Gasteiger charge is 2.30. The van der Waals surface area contributed by atoms with E-state index < -0.39 is 17.0 Å². The Morgan fingerprint density at radius 2 is 1.51 bits per heavy atom. The predicted octanol–water partition coefficient (Wildman–Crippen LogP) is 7.56. The lowest BCUT2D eigenvalue weighted by atomic mass is 9.87. The molecule has 1 aromatic carbocycles. The van der Waals surface area contributed by atoms with Crippen molar-refractivity contribution in [2.75, 3.05) is 49.9 Å². The van der Waals surface area contributed by atoms with Gasteiger partial charge in [-0.15, -0.1) is 0 Å². The SMILES string of the molecule is CC(CC(=O)Nc1n[nH]c(-c2cncc(OCc3ccc4cc(-c5[nH]nc(NC(=O)C(C)(C)CCN6CCCCC6)c5F)ccc4n3)c2)c1F)CN1CCCCC1. The first-order valence-corrected chi connectivity index (χ1v) is 20.0. The normalized spacial score (nSPS) is 16.1.